The van der Waals surface area contributed by atoms with Gasteiger partial charge in [-0.3, -0.25) is 4.90 Å². The van der Waals surface area contributed by atoms with Crippen LogP contribution in [0.4, 0.5) is 4.79 Å². The molecule has 2 N–H and O–H groups in total. The summed E-state index contributed by atoms with van der Waals surface area (Å²) >= 11 is 0. The largest absolute Gasteiger partial charge is 0.465 e. The van der Waals surface area contributed by atoms with Gasteiger partial charge in [0.05, 0.1) is 6.04 Å². The average Bonchev–Trinajstić information content (AvgIpc) is 2.41. The number of carboxylic acid groups (broad SMARTS) is 1. The van der Waals surface area contributed by atoms with Gasteiger partial charge in [-0.15, -0.1) is 0 Å². The Kier molecular flexibility index (Phi) is 1.93. The number of aliphatic hydroxyl groups excluding tert-OH is 1. The third-order valence-corrected chi connectivity index (χ3v) is 2.63. The van der Waals surface area contributed by atoms with Crippen LogP contribution >= 0.6 is 0 Å². The number of hydrogen-bond donors (Lipinski definition) is 2. The summed E-state index contributed by atoms with van der Waals surface area (Å²) in [5.74, 6) is 0. The van der Waals surface area contributed by atoms with Crippen molar-refractivity contribution in [1.82, 2.24) is 4.90 Å². The van der Waals surface area contributed by atoms with Gasteiger partial charge in [-0.1, -0.05) is 24.3 Å². The van der Waals surface area contributed by atoms with Gasteiger partial charge >= 0.3 is 6.09 Å². The van der Waals surface area contributed by atoms with Gasteiger partial charge in [0.2, 0.25) is 0 Å². The number of fused-ring (bicyclic) bond motifs is 1. The summed E-state index contributed by atoms with van der Waals surface area (Å²) in [6.07, 6.45) is -2.13. The summed E-state index contributed by atoms with van der Waals surface area (Å²) in [5.41, 5.74) is 1.56. The lowest BCUT2D eigenvalue weighted by atomic mass is 10.1. The molecule has 4 heteroatoms. The highest BCUT2D eigenvalue weighted by molar-refractivity contribution is 5.68. The highest BCUT2D eigenvalue weighted by Crippen LogP contribution is 2.39. The minimum absolute atomic E-state index is 0.279. The zero-order chi connectivity index (χ0) is 10.3. The van der Waals surface area contributed by atoms with Crippen LogP contribution in [0.15, 0.2) is 24.3 Å². The van der Waals surface area contributed by atoms with Crippen LogP contribution in [0.1, 0.15) is 30.3 Å². The highest BCUT2D eigenvalue weighted by Gasteiger charge is 2.37. The Labute approximate surface area is 81.4 Å². The Bertz CT molecular complexity index is 348. The van der Waals surface area contributed by atoms with Crippen LogP contribution in [0.2, 0.25) is 0 Å². The minimum Gasteiger partial charge on any atom is -0.465 e. The van der Waals surface area contributed by atoms with Crippen molar-refractivity contribution in [2.45, 2.75) is 19.2 Å². The van der Waals surface area contributed by atoms with Gasteiger partial charge in [-0.05, 0) is 12.5 Å². The van der Waals surface area contributed by atoms with E-state index in [0.717, 1.165) is 10.5 Å². The second-order valence-electron chi connectivity index (χ2n) is 3.37. The standard InChI is InChI=1S/C10H11NO3/c1-6-7-4-2-3-5-8(7)9(12)11(6)10(13)14/h2-6,9,12H,1H3,(H,13,14). The number of rotatable bonds is 0. The van der Waals surface area contributed by atoms with E-state index >= 15 is 0 Å². The molecule has 1 aromatic rings. The normalized spacial score (nSPS) is 24.9. The molecular formula is C10H11NO3. The Morgan fingerprint density at radius 1 is 1.36 bits per heavy atom. The maximum Gasteiger partial charge on any atom is 0.410 e. The van der Waals surface area contributed by atoms with E-state index in [1.807, 2.05) is 12.1 Å². The lowest BCUT2D eigenvalue weighted by Gasteiger charge is -2.21. The lowest BCUT2D eigenvalue weighted by molar-refractivity contribution is 0.00684. The minimum atomic E-state index is -1.10. The first-order chi connectivity index (χ1) is 6.63. The van der Waals surface area contributed by atoms with E-state index in [9.17, 15) is 9.90 Å². The van der Waals surface area contributed by atoms with Gasteiger partial charge in [-0.2, -0.15) is 0 Å². The predicted molar refractivity (Wildman–Crippen MR) is 49.7 cm³/mol. The molecule has 1 aliphatic rings. The molecular weight excluding hydrogens is 182 g/mol. The number of carbonyl (C=O) groups is 1. The van der Waals surface area contributed by atoms with Crippen LogP contribution in [0.3, 0.4) is 0 Å². The molecule has 74 valence electrons. The van der Waals surface area contributed by atoms with Crippen LogP contribution < -0.4 is 0 Å². The molecule has 0 aromatic heterocycles. The van der Waals surface area contributed by atoms with Crippen molar-refractivity contribution in [2.24, 2.45) is 0 Å². The Morgan fingerprint density at radius 3 is 2.43 bits per heavy atom. The molecule has 0 saturated heterocycles. The molecule has 2 unspecified atom stereocenters. The maximum atomic E-state index is 10.9. The highest BCUT2D eigenvalue weighted by atomic mass is 16.4. The van der Waals surface area contributed by atoms with Crippen molar-refractivity contribution in [3.05, 3.63) is 35.4 Å². The average molecular weight is 193 g/mol. The topological polar surface area (TPSA) is 60.8 Å². The summed E-state index contributed by atoms with van der Waals surface area (Å²) in [5, 5.41) is 18.6. The second-order valence-corrected chi connectivity index (χ2v) is 3.37. The van der Waals surface area contributed by atoms with Crippen molar-refractivity contribution in [2.75, 3.05) is 0 Å². The molecule has 1 aromatic carbocycles. The first kappa shape index (κ1) is 9.02. The van der Waals surface area contributed by atoms with Crippen LogP contribution in [0.5, 0.6) is 0 Å². The van der Waals surface area contributed by atoms with E-state index in [4.69, 9.17) is 5.11 Å². The van der Waals surface area contributed by atoms with Gasteiger partial charge in [0.25, 0.3) is 0 Å². The van der Waals surface area contributed by atoms with Gasteiger partial charge in [0.1, 0.15) is 0 Å². The molecule has 2 rings (SSSR count). The quantitative estimate of drug-likeness (QED) is 0.659. The van der Waals surface area contributed by atoms with E-state index in [0.29, 0.717) is 5.56 Å². The molecule has 0 radical (unpaired) electrons. The van der Waals surface area contributed by atoms with Crippen molar-refractivity contribution in [3.8, 4) is 0 Å². The van der Waals surface area contributed by atoms with Gasteiger partial charge in [0, 0.05) is 5.56 Å². The maximum absolute atomic E-state index is 10.9. The number of aliphatic hydroxyl groups is 1. The van der Waals surface area contributed by atoms with E-state index < -0.39 is 12.3 Å². The zero-order valence-electron chi connectivity index (χ0n) is 7.71. The number of amides is 1. The fraction of sp³-hybridized carbons (Fsp3) is 0.300. The second kappa shape index (κ2) is 2.99. The first-order valence-electron chi connectivity index (χ1n) is 4.41. The van der Waals surface area contributed by atoms with E-state index in [1.54, 1.807) is 19.1 Å². The summed E-state index contributed by atoms with van der Waals surface area (Å²) < 4.78 is 0. The number of nitrogens with zero attached hydrogens (tertiary/aromatic N) is 1. The number of hydrogen-bond acceptors (Lipinski definition) is 2. The van der Waals surface area contributed by atoms with Crippen molar-refractivity contribution in [3.63, 3.8) is 0 Å². The SMILES string of the molecule is CC1c2ccccc2C(O)N1C(=O)O. The number of benzene rings is 1. The van der Waals surface area contributed by atoms with E-state index in [1.165, 1.54) is 0 Å². The molecule has 0 saturated carbocycles. The summed E-state index contributed by atoms with van der Waals surface area (Å²) in [7, 11) is 0. The smallest absolute Gasteiger partial charge is 0.410 e. The first-order valence-corrected chi connectivity index (χ1v) is 4.41. The molecule has 1 heterocycles. The molecule has 0 aliphatic carbocycles. The van der Waals surface area contributed by atoms with E-state index in [2.05, 4.69) is 0 Å². The molecule has 1 aliphatic heterocycles. The van der Waals surface area contributed by atoms with Crippen LogP contribution in [-0.2, 0) is 0 Å². The summed E-state index contributed by atoms with van der Waals surface area (Å²) in [4.78, 5) is 11.9. The van der Waals surface area contributed by atoms with Crippen molar-refractivity contribution < 1.29 is 15.0 Å². The fourth-order valence-electron chi connectivity index (χ4n) is 1.91. The molecule has 2 atom stereocenters. The van der Waals surface area contributed by atoms with Crippen LogP contribution in [0, 0.1) is 0 Å². The molecule has 4 nitrogen and oxygen atoms in total. The molecule has 0 bridgehead atoms. The zero-order valence-corrected chi connectivity index (χ0v) is 7.71. The summed E-state index contributed by atoms with van der Waals surface area (Å²) in [6, 6.07) is 6.94. The molecule has 1 amide bonds. The van der Waals surface area contributed by atoms with Crippen molar-refractivity contribution in [1.29, 1.82) is 0 Å². The van der Waals surface area contributed by atoms with Crippen molar-refractivity contribution >= 4 is 6.09 Å². The molecule has 14 heavy (non-hydrogen) atoms. The third-order valence-electron chi connectivity index (χ3n) is 2.63. The lowest BCUT2D eigenvalue weighted by Crippen LogP contribution is -2.30. The Hall–Kier alpha value is -1.55. The van der Waals surface area contributed by atoms with Gasteiger partial charge in [-0.25, -0.2) is 4.79 Å². The van der Waals surface area contributed by atoms with Gasteiger partial charge < -0.3 is 10.2 Å². The molecule has 0 spiro atoms. The Balaban J connectivity index is 2.48. The van der Waals surface area contributed by atoms with Crippen LogP contribution in [-0.4, -0.2) is 21.2 Å². The monoisotopic (exact) mass is 193 g/mol. The van der Waals surface area contributed by atoms with Gasteiger partial charge in [0.15, 0.2) is 6.23 Å². The summed E-state index contributed by atoms with van der Waals surface area (Å²) in [6.45, 7) is 1.77. The third kappa shape index (κ3) is 1.08. The van der Waals surface area contributed by atoms with E-state index in [-0.39, 0.29) is 6.04 Å². The van der Waals surface area contributed by atoms with Crippen LogP contribution in [0.25, 0.3) is 0 Å². The Morgan fingerprint density at radius 2 is 1.93 bits per heavy atom. The predicted octanol–water partition coefficient (Wildman–Crippen LogP) is 1.73. The fourth-order valence-corrected chi connectivity index (χ4v) is 1.91. The molecule has 0 fully saturated rings.